The van der Waals surface area contributed by atoms with Crippen LogP contribution in [0.4, 0.5) is 0 Å². The minimum Gasteiger partial charge on any atom is -0.307 e. The van der Waals surface area contributed by atoms with E-state index >= 15 is 0 Å². The van der Waals surface area contributed by atoms with Crippen LogP contribution >= 0.6 is 46.0 Å². The maximum atomic E-state index is 14.0. The van der Waals surface area contributed by atoms with Crippen LogP contribution in [-0.4, -0.2) is 26.0 Å². The van der Waals surface area contributed by atoms with Gasteiger partial charge in [0, 0.05) is 22.2 Å². The molecule has 0 saturated heterocycles. The molecule has 0 aliphatic heterocycles. The fourth-order valence-corrected chi connectivity index (χ4v) is 6.88. The zero-order valence-corrected chi connectivity index (χ0v) is 25.3. The lowest BCUT2D eigenvalue weighted by Gasteiger charge is -2.17. The van der Waals surface area contributed by atoms with Gasteiger partial charge in [0.05, 0.1) is 21.3 Å². The van der Waals surface area contributed by atoms with E-state index in [0.29, 0.717) is 36.8 Å². The Bertz CT molecular complexity index is 1730. The topological polar surface area (TPSA) is 74.0 Å². The van der Waals surface area contributed by atoms with Gasteiger partial charge in [0.15, 0.2) is 5.78 Å². The third kappa shape index (κ3) is 6.07. The van der Waals surface area contributed by atoms with Gasteiger partial charge in [0.1, 0.15) is 10.7 Å². The van der Waals surface area contributed by atoms with E-state index < -0.39 is 5.41 Å². The maximum Gasteiger partial charge on any atom is 0.261 e. The highest BCUT2D eigenvalue weighted by atomic mass is 35.5. The number of thioether (sulfide) groups is 1. The predicted molar refractivity (Wildman–Crippen MR) is 165 cm³/mol. The van der Waals surface area contributed by atoms with Crippen molar-refractivity contribution in [2.75, 3.05) is 0 Å². The van der Waals surface area contributed by atoms with Crippen molar-refractivity contribution in [2.24, 2.45) is 5.41 Å². The first-order valence-corrected chi connectivity index (χ1v) is 15.6. The molecule has 6 nitrogen and oxygen atoms in total. The van der Waals surface area contributed by atoms with Crippen LogP contribution in [0.1, 0.15) is 40.1 Å². The Labute approximate surface area is 249 Å². The first kappa shape index (κ1) is 28.3. The Morgan fingerprint density at radius 3 is 2.45 bits per heavy atom. The second-order valence-electron chi connectivity index (χ2n) is 10.1. The van der Waals surface area contributed by atoms with Crippen molar-refractivity contribution in [1.82, 2.24) is 14.3 Å². The van der Waals surface area contributed by atoms with Crippen LogP contribution in [0.3, 0.4) is 0 Å². The number of thiophene rings is 2. The number of carbonyl (C=O) groups excluding carboxylic acids is 2. The molecular formula is C30H26ClN3O3S3. The van der Waals surface area contributed by atoms with Gasteiger partial charge in [0.25, 0.3) is 11.5 Å². The summed E-state index contributed by atoms with van der Waals surface area (Å²) in [5, 5.41) is 7.17. The van der Waals surface area contributed by atoms with Crippen LogP contribution in [0, 0.1) is 5.41 Å². The summed E-state index contributed by atoms with van der Waals surface area (Å²) < 4.78 is 3.51. The third-order valence-electron chi connectivity index (χ3n) is 6.12. The SMILES string of the molecule is CC(C)(C)C(=O)n1nc(-c2c(-c3ccccc3)ccn(CC(=O)c3cccs3)c2=O)cc1SCc1ccc(Cl)s1. The van der Waals surface area contributed by atoms with E-state index in [1.54, 1.807) is 18.3 Å². The van der Waals surface area contributed by atoms with Gasteiger partial charge < -0.3 is 4.57 Å². The zero-order chi connectivity index (χ0) is 28.4. The number of carbonyl (C=O) groups is 2. The molecule has 0 saturated carbocycles. The molecule has 0 N–H and O–H groups in total. The summed E-state index contributed by atoms with van der Waals surface area (Å²) in [6, 6.07) is 20.6. The van der Waals surface area contributed by atoms with Gasteiger partial charge in [-0.1, -0.05) is 68.8 Å². The average Bonchev–Trinajstić information content (AvgIpc) is 3.69. The predicted octanol–water partition coefficient (Wildman–Crippen LogP) is 8.02. The molecule has 4 aromatic heterocycles. The van der Waals surface area contributed by atoms with Gasteiger partial charge in [-0.25, -0.2) is 0 Å². The Kier molecular flexibility index (Phi) is 8.28. The molecule has 0 atom stereocenters. The lowest BCUT2D eigenvalue weighted by Crippen LogP contribution is -2.28. The summed E-state index contributed by atoms with van der Waals surface area (Å²) in [4.78, 5) is 42.0. The lowest BCUT2D eigenvalue weighted by atomic mass is 9.96. The summed E-state index contributed by atoms with van der Waals surface area (Å²) in [5.41, 5.74) is 1.20. The van der Waals surface area contributed by atoms with Crippen LogP contribution in [0.2, 0.25) is 4.34 Å². The number of pyridine rings is 1. The van der Waals surface area contributed by atoms with Crippen molar-refractivity contribution in [1.29, 1.82) is 0 Å². The monoisotopic (exact) mass is 607 g/mol. The van der Waals surface area contributed by atoms with Crippen molar-refractivity contribution in [2.45, 2.75) is 38.1 Å². The lowest BCUT2D eigenvalue weighted by molar-refractivity contribution is 0.0736. The van der Waals surface area contributed by atoms with Gasteiger partial charge in [-0.15, -0.1) is 34.4 Å². The molecule has 1 aromatic carbocycles. The minimum absolute atomic E-state index is 0.0935. The molecule has 5 aromatic rings. The number of hydrogen-bond donors (Lipinski definition) is 0. The highest BCUT2D eigenvalue weighted by Crippen LogP contribution is 2.35. The van der Waals surface area contributed by atoms with Crippen molar-refractivity contribution >= 4 is 57.7 Å². The van der Waals surface area contributed by atoms with E-state index in [2.05, 4.69) is 0 Å². The first-order valence-electron chi connectivity index (χ1n) is 12.5. The molecule has 5 rings (SSSR count). The number of hydrogen-bond acceptors (Lipinski definition) is 7. The number of benzene rings is 1. The number of nitrogens with zero attached hydrogens (tertiary/aromatic N) is 3. The van der Waals surface area contributed by atoms with Crippen LogP contribution < -0.4 is 5.56 Å². The molecule has 0 bridgehead atoms. The quantitative estimate of drug-likeness (QED) is 0.132. The number of aromatic nitrogens is 3. The van der Waals surface area contributed by atoms with Gasteiger partial charge in [0.2, 0.25) is 0 Å². The van der Waals surface area contributed by atoms with Gasteiger partial charge in [-0.2, -0.15) is 9.78 Å². The average molecular weight is 608 g/mol. The summed E-state index contributed by atoms with van der Waals surface area (Å²) in [7, 11) is 0. The number of Topliss-reactive ketones (excluding diaryl/α,β-unsaturated/α-hetero) is 1. The fraction of sp³-hybridized carbons (Fsp3) is 0.200. The molecule has 0 aliphatic rings. The van der Waals surface area contributed by atoms with Gasteiger partial charge in [-0.3, -0.25) is 14.4 Å². The third-order valence-corrected chi connectivity index (χ3v) is 9.48. The molecule has 204 valence electrons. The second-order valence-corrected chi connectivity index (χ2v) is 13.9. The Morgan fingerprint density at radius 2 is 1.80 bits per heavy atom. The normalized spacial score (nSPS) is 11.6. The van der Waals surface area contributed by atoms with E-state index in [0.717, 1.165) is 10.4 Å². The summed E-state index contributed by atoms with van der Waals surface area (Å²) in [6.45, 7) is 5.42. The van der Waals surface area contributed by atoms with Crippen molar-refractivity contribution in [3.63, 3.8) is 0 Å². The molecule has 40 heavy (non-hydrogen) atoms. The van der Waals surface area contributed by atoms with E-state index in [1.165, 1.54) is 43.7 Å². The smallest absolute Gasteiger partial charge is 0.261 e. The Balaban J connectivity index is 1.63. The largest absolute Gasteiger partial charge is 0.307 e. The van der Waals surface area contributed by atoms with Crippen molar-refractivity contribution < 1.29 is 9.59 Å². The van der Waals surface area contributed by atoms with Crippen LogP contribution in [0.5, 0.6) is 0 Å². The van der Waals surface area contributed by atoms with E-state index in [9.17, 15) is 14.4 Å². The van der Waals surface area contributed by atoms with Gasteiger partial charge in [-0.05, 0) is 46.8 Å². The first-order chi connectivity index (χ1) is 19.1. The highest BCUT2D eigenvalue weighted by molar-refractivity contribution is 7.98. The molecule has 0 unspecified atom stereocenters. The molecular weight excluding hydrogens is 582 g/mol. The number of ketones is 1. The molecule has 0 fully saturated rings. The van der Waals surface area contributed by atoms with E-state index in [4.69, 9.17) is 16.7 Å². The summed E-state index contributed by atoms with van der Waals surface area (Å²) in [6.07, 6.45) is 1.65. The number of halogens is 1. The van der Waals surface area contributed by atoms with Crippen LogP contribution in [-0.2, 0) is 12.3 Å². The molecule has 0 aliphatic carbocycles. The Morgan fingerprint density at radius 1 is 1.02 bits per heavy atom. The summed E-state index contributed by atoms with van der Waals surface area (Å²) >= 11 is 10.4. The Hall–Kier alpha value is -3.24. The fourth-order valence-electron chi connectivity index (χ4n) is 4.10. The minimum atomic E-state index is -0.697. The van der Waals surface area contributed by atoms with E-state index in [-0.39, 0.29) is 23.8 Å². The molecule has 0 amide bonds. The molecule has 0 spiro atoms. The highest BCUT2D eigenvalue weighted by Gasteiger charge is 2.28. The summed E-state index contributed by atoms with van der Waals surface area (Å²) in [5.74, 6) is 0.269. The molecule has 0 radical (unpaired) electrons. The second kappa shape index (κ2) is 11.7. The standard InChI is InChI=1S/C30H26ClN3O3S3/c1-30(2,3)29(37)34-26(39-18-20-11-12-25(31)40-20)16-22(32-34)27-21(19-8-5-4-6-9-19)13-14-33(28(27)36)17-23(35)24-10-7-15-38-24/h4-16H,17-18H2,1-3H3. The molecule has 4 heterocycles. The molecule has 10 heteroatoms. The van der Waals surface area contributed by atoms with Crippen molar-refractivity contribution in [3.8, 4) is 22.4 Å². The maximum absolute atomic E-state index is 14.0. The van der Waals surface area contributed by atoms with Crippen LogP contribution in [0.25, 0.3) is 22.4 Å². The van der Waals surface area contributed by atoms with Crippen LogP contribution in [0.15, 0.2) is 88.1 Å². The van der Waals surface area contributed by atoms with Crippen molar-refractivity contribution in [3.05, 3.63) is 103 Å². The number of rotatable bonds is 8. The van der Waals surface area contributed by atoms with Gasteiger partial charge >= 0.3 is 0 Å². The zero-order valence-electron chi connectivity index (χ0n) is 22.1. The van der Waals surface area contributed by atoms with E-state index in [1.807, 2.05) is 80.7 Å².